The fraction of sp³-hybridized carbons (Fsp3) is 0.611. The lowest BCUT2D eigenvalue weighted by atomic mass is 9.89. The van der Waals surface area contributed by atoms with Gasteiger partial charge in [-0.2, -0.15) is 0 Å². The molecule has 2 rings (SSSR count). The van der Waals surface area contributed by atoms with Crippen LogP contribution in [0, 0.1) is 5.41 Å². The van der Waals surface area contributed by atoms with Gasteiger partial charge in [0.1, 0.15) is 11.5 Å². The molecule has 24 heavy (non-hydrogen) atoms. The average Bonchev–Trinajstić information content (AvgIpc) is 2.96. The SMILES string of the molecule is CCOc1ccc(OCC)c(NC(N)=NCC2(C)CCCC2)c1.I. The van der Waals surface area contributed by atoms with Crippen LogP contribution in [0.15, 0.2) is 23.2 Å². The molecule has 0 heterocycles. The van der Waals surface area contributed by atoms with Crippen molar-refractivity contribution in [3.63, 3.8) is 0 Å². The molecule has 0 unspecified atom stereocenters. The predicted molar refractivity (Wildman–Crippen MR) is 111 cm³/mol. The Morgan fingerprint density at radius 2 is 1.88 bits per heavy atom. The smallest absolute Gasteiger partial charge is 0.193 e. The van der Waals surface area contributed by atoms with Crippen molar-refractivity contribution in [1.29, 1.82) is 0 Å². The Bertz CT molecular complexity index is 543. The molecule has 1 aromatic rings. The molecular formula is C18H30IN3O2. The first-order valence-corrected chi connectivity index (χ1v) is 8.53. The molecule has 0 bridgehead atoms. The van der Waals surface area contributed by atoms with Crippen LogP contribution in [-0.4, -0.2) is 25.7 Å². The zero-order chi connectivity index (χ0) is 16.7. The van der Waals surface area contributed by atoms with Crippen molar-refractivity contribution in [3.05, 3.63) is 18.2 Å². The van der Waals surface area contributed by atoms with E-state index in [0.717, 1.165) is 23.7 Å². The largest absolute Gasteiger partial charge is 0.494 e. The molecule has 1 fully saturated rings. The third-order valence-corrected chi connectivity index (χ3v) is 4.27. The second-order valence-electron chi connectivity index (χ2n) is 6.37. The molecule has 136 valence electrons. The van der Waals surface area contributed by atoms with Crippen molar-refractivity contribution in [2.24, 2.45) is 16.1 Å². The van der Waals surface area contributed by atoms with E-state index in [1.54, 1.807) is 0 Å². The van der Waals surface area contributed by atoms with Gasteiger partial charge in [-0.25, -0.2) is 0 Å². The van der Waals surface area contributed by atoms with Crippen LogP contribution in [0.25, 0.3) is 0 Å². The molecule has 5 nitrogen and oxygen atoms in total. The van der Waals surface area contributed by atoms with Crippen molar-refractivity contribution in [3.8, 4) is 11.5 Å². The van der Waals surface area contributed by atoms with Crippen LogP contribution in [0.4, 0.5) is 5.69 Å². The number of ether oxygens (including phenoxy) is 2. The van der Waals surface area contributed by atoms with Crippen LogP contribution in [0.3, 0.4) is 0 Å². The Hall–Kier alpha value is -1.18. The lowest BCUT2D eigenvalue weighted by Crippen LogP contribution is -2.26. The number of anilines is 1. The summed E-state index contributed by atoms with van der Waals surface area (Å²) in [5.74, 6) is 1.96. The lowest BCUT2D eigenvalue weighted by molar-refractivity contribution is 0.332. The highest BCUT2D eigenvalue weighted by molar-refractivity contribution is 14.0. The highest BCUT2D eigenvalue weighted by atomic mass is 127. The summed E-state index contributed by atoms with van der Waals surface area (Å²) in [5, 5.41) is 3.16. The van der Waals surface area contributed by atoms with Crippen LogP contribution >= 0.6 is 24.0 Å². The van der Waals surface area contributed by atoms with Crippen molar-refractivity contribution in [2.45, 2.75) is 46.5 Å². The van der Waals surface area contributed by atoms with Crippen molar-refractivity contribution in [1.82, 2.24) is 0 Å². The Labute approximate surface area is 162 Å². The third-order valence-electron chi connectivity index (χ3n) is 4.27. The summed E-state index contributed by atoms with van der Waals surface area (Å²) < 4.78 is 11.2. The normalized spacial score (nSPS) is 16.4. The first kappa shape index (κ1) is 20.9. The average molecular weight is 447 g/mol. The fourth-order valence-electron chi connectivity index (χ4n) is 2.98. The summed E-state index contributed by atoms with van der Waals surface area (Å²) >= 11 is 0. The molecule has 0 amide bonds. The van der Waals surface area contributed by atoms with Crippen LogP contribution in [0.1, 0.15) is 46.5 Å². The van der Waals surface area contributed by atoms with E-state index in [4.69, 9.17) is 15.2 Å². The third kappa shape index (κ3) is 6.03. The molecule has 0 saturated heterocycles. The number of nitrogens with one attached hydrogen (secondary N) is 1. The summed E-state index contributed by atoms with van der Waals surface area (Å²) in [6.45, 7) is 8.19. The number of aliphatic imine (C=N–C) groups is 1. The Morgan fingerprint density at radius 1 is 1.21 bits per heavy atom. The number of hydrogen-bond acceptors (Lipinski definition) is 3. The van der Waals surface area contributed by atoms with Gasteiger partial charge in [-0.1, -0.05) is 19.8 Å². The van der Waals surface area contributed by atoms with Gasteiger partial charge < -0.3 is 20.5 Å². The summed E-state index contributed by atoms with van der Waals surface area (Å²) in [7, 11) is 0. The van der Waals surface area contributed by atoms with Gasteiger partial charge in [0.05, 0.1) is 18.9 Å². The van der Waals surface area contributed by atoms with Gasteiger partial charge in [-0.3, -0.25) is 4.99 Å². The zero-order valence-corrected chi connectivity index (χ0v) is 17.3. The van der Waals surface area contributed by atoms with E-state index in [-0.39, 0.29) is 24.0 Å². The molecule has 0 atom stereocenters. The molecule has 6 heteroatoms. The van der Waals surface area contributed by atoms with E-state index < -0.39 is 0 Å². The number of rotatable bonds is 7. The quantitative estimate of drug-likeness (QED) is 0.369. The number of halogens is 1. The van der Waals surface area contributed by atoms with Crippen molar-refractivity contribution >= 4 is 35.6 Å². The van der Waals surface area contributed by atoms with Gasteiger partial charge in [0.2, 0.25) is 0 Å². The summed E-state index contributed by atoms with van der Waals surface area (Å²) in [6.07, 6.45) is 5.05. The maximum Gasteiger partial charge on any atom is 0.193 e. The van der Waals surface area contributed by atoms with Gasteiger partial charge >= 0.3 is 0 Å². The van der Waals surface area contributed by atoms with Crippen LogP contribution in [0.5, 0.6) is 11.5 Å². The van der Waals surface area contributed by atoms with E-state index in [1.807, 2.05) is 32.0 Å². The molecular weight excluding hydrogens is 417 g/mol. The topological polar surface area (TPSA) is 68.9 Å². The lowest BCUT2D eigenvalue weighted by Gasteiger charge is -2.21. The van der Waals surface area contributed by atoms with Gasteiger partial charge in [0, 0.05) is 12.6 Å². The second-order valence-corrected chi connectivity index (χ2v) is 6.37. The highest BCUT2D eigenvalue weighted by Crippen LogP contribution is 2.37. The number of nitrogens with two attached hydrogens (primary N) is 1. The summed E-state index contributed by atoms with van der Waals surface area (Å²) in [5.41, 5.74) is 7.16. The number of nitrogens with zero attached hydrogens (tertiary/aromatic N) is 1. The number of benzene rings is 1. The predicted octanol–water partition coefficient (Wildman–Crippen LogP) is 4.41. The van der Waals surface area contributed by atoms with Gasteiger partial charge in [0.25, 0.3) is 0 Å². The molecule has 0 spiro atoms. The molecule has 0 radical (unpaired) electrons. The fourth-order valence-corrected chi connectivity index (χ4v) is 2.98. The van der Waals surface area contributed by atoms with E-state index >= 15 is 0 Å². The van der Waals surface area contributed by atoms with E-state index in [2.05, 4.69) is 17.2 Å². The maximum absolute atomic E-state index is 6.07. The second kappa shape index (κ2) is 9.96. The summed E-state index contributed by atoms with van der Waals surface area (Å²) in [4.78, 5) is 4.54. The minimum absolute atomic E-state index is 0. The van der Waals surface area contributed by atoms with E-state index in [0.29, 0.717) is 24.6 Å². The molecule has 0 aromatic heterocycles. The Morgan fingerprint density at radius 3 is 2.50 bits per heavy atom. The number of hydrogen-bond donors (Lipinski definition) is 2. The van der Waals surface area contributed by atoms with E-state index in [1.165, 1.54) is 25.7 Å². The number of guanidine groups is 1. The van der Waals surface area contributed by atoms with Gasteiger partial charge in [0.15, 0.2) is 5.96 Å². The van der Waals surface area contributed by atoms with Crippen LogP contribution < -0.4 is 20.5 Å². The zero-order valence-electron chi connectivity index (χ0n) is 14.9. The van der Waals surface area contributed by atoms with Gasteiger partial charge in [-0.15, -0.1) is 24.0 Å². The minimum Gasteiger partial charge on any atom is -0.494 e. The van der Waals surface area contributed by atoms with Crippen molar-refractivity contribution < 1.29 is 9.47 Å². The molecule has 1 aliphatic carbocycles. The molecule has 1 aromatic carbocycles. The monoisotopic (exact) mass is 447 g/mol. The Balaban J connectivity index is 0.00000288. The molecule has 1 saturated carbocycles. The Kier molecular flexibility index (Phi) is 8.66. The molecule has 3 N–H and O–H groups in total. The van der Waals surface area contributed by atoms with Crippen LogP contribution in [-0.2, 0) is 0 Å². The highest BCUT2D eigenvalue weighted by Gasteiger charge is 2.28. The summed E-state index contributed by atoms with van der Waals surface area (Å²) in [6, 6.07) is 5.68. The maximum atomic E-state index is 6.07. The minimum atomic E-state index is 0. The van der Waals surface area contributed by atoms with Gasteiger partial charge in [-0.05, 0) is 44.2 Å². The molecule has 0 aliphatic heterocycles. The first-order chi connectivity index (χ1) is 11.1. The van der Waals surface area contributed by atoms with Crippen LogP contribution in [0.2, 0.25) is 0 Å². The molecule has 1 aliphatic rings. The standard InChI is InChI=1S/C18H29N3O2.HI/c1-4-22-14-8-9-16(23-5-2)15(12-14)21-17(19)20-13-18(3)10-6-7-11-18;/h8-9,12H,4-7,10-11,13H2,1-3H3,(H3,19,20,21);1H. The van der Waals surface area contributed by atoms with E-state index in [9.17, 15) is 0 Å². The first-order valence-electron chi connectivity index (χ1n) is 8.53. The van der Waals surface area contributed by atoms with Crippen molar-refractivity contribution in [2.75, 3.05) is 25.1 Å².